The van der Waals surface area contributed by atoms with Gasteiger partial charge in [0.1, 0.15) is 11.2 Å². The van der Waals surface area contributed by atoms with E-state index in [0.29, 0.717) is 5.41 Å². The summed E-state index contributed by atoms with van der Waals surface area (Å²) in [5, 5.41) is 3.33. The third kappa shape index (κ3) is 1.77. The van der Waals surface area contributed by atoms with Crippen molar-refractivity contribution >= 4 is 33.5 Å². The van der Waals surface area contributed by atoms with Gasteiger partial charge in [-0.3, -0.25) is 0 Å². The van der Waals surface area contributed by atoms with Crippen molar-refractivity contribution in [1.29, 1.82) is 0 Å². The molecule has 1 heterocycles. The molecule has 0 aliphatic heterocycles. The third-order valence-electron chi connectivity index (χ3n) is 7.07. The first kappa shape index (κ1) is 13.8. The first-order chi connectivity index (χ1) is 11.7. The maximum atomic E-state index is 6.31. The molecule has 0 saturated heterocycles. The van der Waals surface area contributed by atoms with Crippen LogP contribution in [0.4, 0.5) is 0 Å². The molecule has 0 unspecified atom stereocenters. The number of hydrogen-bond acceptors (Lipinski definition) is 1. The van der Waals surface area contributed by atoms with Gasteiger partial charge in [0.2, 0.25) is 0 Å². The molecule has 1 aromatic heterocycles. The van der Waals surface area contributed by atoms with Crippen LogP contribution in [0.2, 0.25) is 5.02 Å². The van der Waals surface area contributed by atoms with Crippen LogP contribution in [0.15, 0.2) is 40.8 Å². The molecule has 0 radical (unpaired) electrons. The van der Waals surface area contributed by atoms with Gasteiger partial charge in [0, 0.05) is 15.8 Å². The monoisotopic (exact) mass is 336 g/mol. The Hall–Kier alpha value is -1.47. The predicted molar refractivity (Wildman–Crippen MR) is 98.6 cm³/mol. The average molecular weight is 337 g/mol. The van der Waals surface area contributed by atoms with Gasteiger partial charge in [-0.25, -0.2) is 0 Å². The van der Waals surface area contributed by atoms with Gasteiger partial charge in [0.25, 0.3) is 0 Å². The minimum Gasteiger partial charge on any atom is -0.456 e. The van der Waals surface area contributed by atoms with Crippen molar-refractivity contribution in [3.05, 3.63) is 47.0 Å². The molecule has 7 rings (SSSR count). The molecular weight excluding hydrogens is 316 g/mol. The minimum absolute atomic E-state index is 0.382. The smallest absolute Gasteiger partial charge is 0.135 e. The summed E-state index contributed by atoms with van der Waals surface area (Å²) >= 11 is 6.31. The van der Waals surface area contributed by atoms with Crippen molar-refractivity contribution < 1.29 is 4.42 Å². The first-order valence-corrected chi connectivity index (χ1v) is 9.69. The fraction of sp³-hybridized carbons (Fsp3) is 0.455. The third-order valence-corrected chi connectivity index (χ3v) is 7.30. The standard InChI is InChI=1S/C22H21ClO/c23-16-4-5-19-17(9-16)21-18(2-1-3-20(21)24-19)22-10-13-6-14(11-22)8-15(7-13)12-22/h1-5,9,13-15H,6-8,10-12H2. The molecule has 2 aromatic carbocycles. The lowest BCUT2D eigenvalue weighted by molar-refractivity contribution is -0.00447. The molecule has 4 bridgehead atoms. The lowest BCUT2D eigenvalue weighted by Crippen LogP contribution is -2.48. The second-order valence-corrected chi connectivity index (χ2v) is 9.06. The Labute approximate surface area is 147 Å². The van der Waals surface area contributed by atoms with Crippen molar-refractivity contribution in [2.45, 2.75) is 43.9 Å². The van der Waals surface area contributed by atoms with Crippen molar-refractivity contribution in [1.82, 2.24) is 0 Å². The molecule has 1 nitrogen and oxygen atoms in total. The molecule has 4 aliphatic carbocycles. The van der Waals surface area contributed by atoms with Crippen LogP contribution in [0.1, 0.15) is 44.1 Å². The first-order valence-electron chi connectivity index (χ1n) is 9.31. The lowest BCUT2D eigenvalue weighted by Gasteiger charge is -2.57. The summed E-state index contributed by atoms with van der Waals surface area (Å²) < 4.78 is 6.15. The van der Waals surface area contributed by atoms with Gasteiger partial charge in [-0.1, -0.05) is 23.7 Å². The maximum Gasteiger partial charge on any atom is 0.135 e. The highest BCUT2D eigenvalue weighted by Crippen LogP contribution is 2.61. The molecule has 24 heavy (non-hydrogen) atoms. The molecule has 0 spiro atoms. The Morgan fingerprint density at radius 1 is 0.875 bits per heavy atom. The Morgan fingerprint density at radius 3 is 2.29 bits per heavy atom. The Kier molecular flexibility index (Phi) is 2.63. The van der Waals surface area contributed by atoms with E-state index in [2.05, 4.69) is 24.3 Å². The van der Waals surface area contributed by atoms with E-state index in [1.54, 1.807) is 5.56 Å². The van der Waals surface area contributed by atoms with Crippen LogP contribution in [0, 0.1) is 17.8 Å². The van der Waals surface area contributed by atoms with Crippen molar-refractivity contribution in [3.8, 4) is 0 Å². The fourth-order valence-electron chi connectivity index (χ4n) is 6.68. The van der Waals surface area contributed by atoms with E-state index in [9.17, 15) is 0 Å². The molecule has 0 N–H and O–H groups in total. The van der Waals surface area contributed by atoms with Gasteiger partial charge in [-0.15, -0.1) is 0 Å². The fourth-order valence-corrected chi connectivity index (χ4v) is 6.85. The Morgan fingerprint density at radius 2 is 1.58 bits per heavy atom. The topological polar surface area (TPSA) is 13.1 Å². The number of benzene rings is 2. The maximum absolute atomic E-state index is 6.31. The van der Waals surface area contributed by atoms with E-state index < -0.39 is 0 Å². The van der Waals surface area contributed by atoms with Crippen molar-refractivity contribution in [2.75, 3.05) is 0 Å². The molecule has 0 atom stereocenters. The number of halogens is 1. The minimum atomic E-state index is 0.382. The number of hydrogen-bond donors (Lipinski definition) is 0. The normalized spacial score (nSPS) is 34.5. The molecular formula is C22H21ClO. The van der Waals surface area contributed by atoms with Gasteiger partial charge in [-0.2, -0.15) is 0 Å². The highest BCUT2D eigenvalue weighted by Gasteiger charge is 2.52. The van der Waals surface area contributed by atoms with E-state index in [0.717, 1.165) is 33.9 Å². The van der Waals surface area contributed by atoms with Crippen molar-refractivity contribution in [2.24, 2.45) is 17.8 Å². The van der Waals surface area contributed by atoms with Crippen LogP contribution in [-0.2, 0) is 5.41 Å². The van der Waals surface area contributed by atoms with E-state index in [-0.39, 0.29) is 0 Å². The SMILES string of the molecule is Clc1ccc2oc3cccc(C45CC6CC(CC(C6)C4)C5)c3c2c1. The van der Waals surface area contributed by atoms with E-state index in [4.69, 9.17) is 16.0 Å². The largest absolute Gasteiger partial charge is 0.456 e. The summed E-state index contributed by atoms with van der Waals surface area (Å²) in [6.07, 6.45) is 8.58. The zero-order chi connectivity index (χ0) is 15.9. The van der Waals surface area contributed by atoms with Crippen LogP contribution in [0.25, 0.3) is 21.9 Å². The molecule has 0 amide bonds. The van der Waals surface area contributed by atoms with Crippen molar-refractivity contribution in [3.63, 3.8) is 0 Å². The second kappa shape index (κ2) is 4.58. The molecule has 2 heteroatoms. The van der Waals surface area contributed by atoms with Gasteiger partial charge >= 0.3 is 0 Å². The zero-order valence-corrected chi connectivity index (χ0v) is 14.5. The number of furan rings is 1. The summed E-state index contributed by atoms with van der Waals surface area (Å²) in [6.45, 7) is 0. The van der Waals surface area contributed by atoms with Gasteiger partial charge < -0.3 is 4.42 Å². The molecule has 4 fully saturated rings. The lowest BCUT2D eigenvalue weighted by atomic mass is 9.48. The molecule has 4 saturated carbocycles. The summed E-state index contributed by atoms with van der Waals surface area (Å²) in [5.74, 6) is 2.86. The Balaban J connectivity index is 1.65. The molecule has 4 aliphatic rings. The van der Waals surface area contributed by atoms with Crippen LogP contribution in [0.3, 0.4) is 0 Å². The van der Waals surface area contributed by atoms with Gasteiger partial charge in [0.05, 0.1) is 0 Å². The molecule has 3 aromatic rings. The Bertz CT molecular complexity index is 931. The van der Waals surface area contributed by atoms with E-state index in [1.165, 1.54) is 49.3 Å². The quantitative estimate of drug-likeness (QED) is 0.481. The summed E-state index contributed by atoms with van der Waals surface area (Å²) in [7, 11) is 0. The number of fused-ring (bicyclic) bond motifs is 3. The zero-order valence-electron chi connectivity index (χ0n) is 13.7. The van der Waals surface area contributed by atoms with E-state index in [1.807, 2.05) is 12.1 Å². The van der Waals surface area contributed by atoms with Crippen LogP contribution in [-0.4, -0.2) is 0 Å². The van der Waals surface area contributed by atoms with Gasteiger partial charge in [0.15, 0.2) is 0 Å². The van der Waals surface area contributed by atoms with Crippen LogP contribution >= 0.6 is 11.6 Å². The van der Waals surface area contributed by atoms with Gasteiger partial charge in [-0.05, 0) is 91.5 Å². The second-order valence-electron chi connectivity index (χ2n) is 8.62. The van der Waals surface area contributed by atoms with Crippen LogP contribution < -0.4 is 0 Å². The highest BCUT2D eigenvalue weighted by atomic mass is 35.5. The predicted octanol–water partition coefficient (Wildman–Crippen LogP) is 6.71. The highest BCUT2D eigenvalue weighted by molar-refractivity contribution is 6.31. The summed E-state index contributed by atoms with van der Waals surface area (Å²) in [5.41, 5.74) is 3.92. The summed E-state index contributed by atoms with van der Waals surface area (Å²) in [4.78, 5) is 0. The van der Waals surface area contributed by atoms with E-state index >= 15 is 0 Å². The van der Waals surface area contributed by atoms with Crippen LogP contribution in [0.5, 0.6) is 0 Å². The summed E-state index contributed by atoms with van der Waals surface area (Å²) in [6, 6.07) is 12.7. The number of rotatable bonds is 1. The average Bonchev–Trinajstić information content (AvgIpc) is 2.91. The molecule has 122 valence electrons.